The quantitative estimate of drug-likeness (QED) is 0.169. The van der Waals surface area contributed by atoms with Gasteiger partial charge in [-0.05, 0) is 110 Å². The highest BCUT2D eigenvalue weighted by Gasteiger charge is 2.37. The third-order valence-corrected chi connectivity index (χ3v) is 9.77. The van der Waals surface area contributed by atoms with E-state index in [9.17, 15) is 31.6 Å². The van der Waals surface area contributed by atoms with Crippen molar-refractivity contribution in [2.75, 3.05) is 0 Å². The van der Waals surface area contributed by atoms with Gasteiger partial charge in [0.05, 0.1) is 50.1 Å². The van der Waals surface area contributed by atoms with Gasteiger partial charge in [-0.1, -0.05) is 48.5 Å². The first-order valence-corrected chi connectivity index (χ1v) is 16.5. The Bertz CT molecular complexity index is 2670. The van der Waals surface area contributed by atoms with Gasteiger partial charge in [0.15, 0.2) is 0 Å². The van der Waals surface area contributed by atoms with Crippen molar-refractivity contribution in [2.45, 2.75) is 40.0 Å². The first kappa shape index (κ1) is 33.2. The Balaban J connectivity index is 1.58. The largest absolute Gasteiger partial charge is 0.416 e. The molecular formula is C43H29F6N3. The molecule has 0 saturated carbocycles. The number of nitrogens with zero attached hydrogens (tertiary/aromatic N) is 3. The van der Waals surface area contributed by atoms with Crippen molar-refractivity contribution in [3.05, 3.63) is 142 Å². The van der Waals surface area contributed by atoms with Gasteiger partial charge in [-0.3, -0.25) is 0 Å². The van der Waals surface area contributed by atoms with Crippen LogP contribution >= 0.6 is 0 Å². The molecule has 2 aromatic heterocycles. The number of halogens is 6. The fourth-order valence-corrected chi connectivity index (χ4v) is 7.37. The second-order valence-electron chi connectivity index (χ2n) is 13.5. The maximum Gasteiger partial charge on any atom is 0.416 e. The summed E-state index contributed by atoms with van der Waals surface area (Å²) in [7, 11) is 0. The predicted molar refractivity (Wildman–Crippen MR) is 194 cm³/mol. The molecule has 9 heteroatoms. The average molecular weight is 702 g/mol. The Hall–Kier alpha value is -6.01. The molecule has 52 heavy (non-hydrogen) atoms. The van der Waals surface area contributed by atoms with Gasteiger partial charge in [-0.2, -0.15) is 31.6 Å². The van der Waals surface area contributed by atoms with Crippen molar-refractivity contribution >= 4 is 43.6 Å². The summed E-state index contributed by atoms with van der Waals surface area (Å²) in [5.74, 6) is 0. The number of aromatic nitrogens is 2. The number of fused-ring (bicyclic) bond motifs is 6. The Morgan fingerprint density at radius 3 is 1.17 bits per heavy atom. The minimum Gasteiger partial charge on any atom is -0.309 e. The number of aryl methyl sites for hydroxylation is 4. The summed E-state index contributed by atoms with van der Waals surface area (Å²) in [6.45, 7) is 7.68. The average Bonchev–Trinajstić information content (AvgIpc) is 3.56. The monoisotopic (exact) mass is 701 g/mol. The number of hydrogen-bond donors (Lipinski definition) is 0. The van der Waals surface area contributed by atoms with Gasteiger partial charge in [0.25, 0.3) is 0 Å². The molecule has 0 fully saturated rings. The smallest absolute Gasteiger partial charge is 0.309 e. The molecule has 2 heterocycles. The first-order chi connectivity index (χ1) is 24.6. The van der Waals surface area contributed by atoms with Crippen LogP contribution in [0, 0.1) is 39.0 Å². The predicted octanol–water partition coefficient (Wildman–Crippen LogP) is 12.7. The van der Waals surface area contributed by atoms with E-state index < -0.39 is 23.5 Å². The van der Waals surface area contributed by atoms with Gasteiger partial charge in [-0.25, -0.2) is 0 Å². The third-order valence-electron chi connectivity index (χ3n) is 9.77. The zero-order chi connectivity index (χ0) is 36.9. The molecule has 0 unspecified atom stereocenters. The highest BCUT2D eigenvalue weighted by atomic mass is 19.4. The topological polar surface area (TPSA) is 33.6 Å². The van der Waals surface area contributed by atoms with E-state index in [4.69, 9.17) is 0 Å². The lowest BCUT2D eigenvalue weighted by atomic mass is 9.95. The molecule has 0 bridgehead atoms. The van der Waals surface area contributed by atoms with E-state index in [0.717, 1.165) is 67.0 Å². The van der Waals surface area contributed by atoms with Crippen molar-refractivity contribution in [3.63, 3.8) is 0 Å². The van der Waals surface area contributed by atoms with Gasteiger partial charge in [-0.15, -0.1) is 0 Å². The van der Waals surface area contributed by atoms with Crippen LogP contribution in [-0.4, -0.2) is 9.13 Å². The second kappa shape index (κ2) is 11.5. The Labute approximate surface area is 294 Å². The molecule has 3 nitrogen and oxygen atoms in total. The van der Waals surface area contributed by atoms with Crippen LogP contribution < -0.4 is 0 Å². The molecule has 0 spiro atoms. The minimum absolute atomic E-state index is 0.0997. The van der Waals surface area contributed by atoms with Crippen LogP contribution in [0.5, 0.6) is 0 Å². The van der Waals surface area contributed by atoms with Gasteiger partial charge in [0, 0.05) is 27.1 Å². The zero-order valence-corrected chi connectivity index (χ0v) is 28.4. The van der Waals surface area contributed by atoms with Gasteiger partial charge < -0.3 is 9.13 Å². The fourth-order valence-electron chi connectivity index (χ4n) is 7.37. The maximum absolute atomic E-state index is 14.4. The summed E-state index contributed by atoms with van der Waals surface area (Å²) in [4.78, 5) is 0. The van der Waals surface area contributed by atoms with E-state index >= 15 is 0 Å². The molecule has 8 aromatic rings. The van der Waals surface area contributed by atoms with Crippen molar-refractivity contribution in [1.82, 2.24) is 9.13 Å². The summed E-state index contributed by atoms with van der Waals surface area (Å²) in [5.41, 5.74) is 4.34. The minimum atomic E-state index is -5.06. The molecule has 6 aromatic carbocycles. The Kier molecular flexibility index (Phi) is 7.33. The maximum atomic E-state index is 14.4. The van der Waals surface area contributed by atoms with Gasteiger partial charge >= 0.3 is 12.4 Å². The van der Waals surface area contributed by atoms with Crippen LogP contribution in [0.2, 0.25) is 0 Å². The van der Waals surface area contributed by atoms with E-state index in [1.165, 1.54) is 0 Å². The van der Waals surface area contributed by atoms with Crippen LogP contribution in [0.15, 0.2) is 103 Å². The lowest BCUT2D eigenvalue weighted by Crippen LogP contribution is -2.11. The number of rotatable bonds is 3. The van der Waals surface area contributed by atoms with Crippen molar-refractivity contribution in [2.24, 2.45) is 0 Å². The fraction of sp³-hybridized carbons (Fsp3) is 0.140. The highest BCUT2D eigenvalue weighted by Crippen LogP contribution is 2.44. The van der Waals surface area contributed by atoms with Crippen molar-refractivity contribution < 1.29 is 26.3 Å². The molecule has 0 atom stereocenters. The zero-order valence-electron chi connectivity index (χ0n) is 28.4. The van der Waals surface area contributed by atoms with E-state index in [2.05, 4.69) is 6.07 Å². The number of hydrogen-bond acceptors (Lipinski definition) is 1. The van der Waals surface area contributed by atoms with Crippen molar-refractivity contribution in [3.8, 4) is 28.6 Å². The number of nitriles is 1. The lowest BCUT2D eigenvalue weighted by Gasteiger charge is -2.21. The Morgan fingerprint density at radius 1 is 0.462 bits per heavy atom. The molecule has 0 radical (unpaired) electrons. The number of benzene rings is 6. The molecule has 8 rings (SSSR count). The number of alkyl halides is 6. The summed E-state index contributed by atoms with van der Waals surface area (Å²) >= 11 is 0. The normalized spacial score (nSPS) is 12.4. The molecule has 0 saturated heterocycles. The van der Waals surface area contributed by atoms with E-state index in [1.54, 1.807) is 12.1 Å². The van der Waals surface area contributed by atoms with Crippen LogP contribution in [0.25, 0.3) is 66.1 Å². The molecule has 0 aliphatic rings. The van der Waals surface area contributed by atoms with Crippen molar-refractivity contribution in [1.29, 1.82) is 5.26 Å². The van der Waals surface area contributed by atoms with Crippen LogP contribution in [0.3, 0.4) is 0 Å². The Morgan fingerprint density at radius 2 is 0.827 bits per heavy atom. The van der Waals surface area contributed by atoms with Gasteiger partial charge in [0.1, 0.15) is 6.07 Å². The first-order valence-electron chi connectivity index (χ1n) is 16.5. The molecule has 0 aliphatic carbocycles. The SMILES string of the molecule is Cc1ccc2c3ccc(C)cc3n(-c3cc(-c4cc(C(F)(F)F)cc(C(F)(F)F)c4)c(-n4c5cc(C)ccc5c5ccc(C)cc54)cc3C#N)c2c1. The lowest BCUT2D eigenvalue weighted by molar-refractivity contribution is -0.143. The summed E-state index contributed by atoms with van der Waals surface area (Å²) in [6, 6.07) is 30.6. The summed E-state index contributed by atoms with van der Waals surface area (Å²) in [5, 5.41) is 14.3. The third kappa shape index (κ3) is 5.29. The van der Waals surface area contributed by atoms with Crippen LogP contribution in [0.1, 0.15) is 38.9 Å². The molecule has 0 N–H and O–H groups in total. The molecule has 0 aliphatic heterocycles. The van der Waals surface area contributed by atoms with Crippen LogP contribution in [0.4, 0.5) is 26.3 Å². The van der Waals surface area contributed by atoms with E-state index in [1.807, 2.05) is 110 Å². The molecule has 0 amide bonds. The van der Waals surface area contributed by atoms with E-state index in [-0.39, 0.29) is 28.4 Å². The highest BCUT2D eigenvalue weighted by molar-refractivity contribution is 6.11. The van der Waals surface area contributed by atoms with Gasteiger partial charge in [0.2, 0.25) is 0 Å². The standard InChI is InChI=1S/C43H29F6N3/c1-23-5-9-31-32-10-6-24(2)14-38(32)51(37(31)13-23)36-21-35(27-17-29(42(44,45)46)20-30(18-27)43(47,48)49)41(19-28(36)22-50)52-39-15-25(3)7-11-33(39)34-12-8-26(4)16-40(34)52/h5-21H,1-4H3. The van der Waals surface area contributed by atoms with E-state index in [0.29, 0.717) is 16.7 Å². The second-order valence-corrected chi connectivity index (χ2v) is 13.5. The summed E-state index contributed by atoms with van der Waals surface area (Å²) in [6.07, 6.45) is -10.1. The van der Waals surface area contributed by atoms with Crippen LogP contribution in [-0.2, 0) is 12.4 Å². The molecule has 258 valence electrons. The summed E-state index contributed by atoms with van der Waals surface area (Å²) < 4.78 is 89.9. The molecular weight excluding hydrogens is 672 g/mol.